The fourth-order valence-electron chi connectivity index (χ4n) is 3.05. The molecule has 0 unspecified atom stereocenters. The number of imidazole rings is 1. The Morgan fingerprint density at radius 2 is 2.12 bits per heavy atom. The number of carbonyl (C=O) groups is 2. The standard InChI is InChI=1S/C17H21N5O2/c1-11-9-19-16(20-11)14-7-13(10-22(14)15(23)8-18)21-17(24)12-5-3-2-4-6-12/h2-6,9,13-14H,7-8,10,18H2,1H3,(H,19,20)(H,21,24)/t13-,14+/m1/s1. The molecule has 7 heteroatoms. The molecule has 1 aliphatic heterocycles. The van der Waals surface area contributed by atoms with Crippen LogP contribution in [0.2, 0.25) is 0 Å². The van der Waals surface area contributed by atoms with Crippen LogP contribution in [-0.4, -0.2) is 45.8 Å². The van der Waals surface area contributed by atoms with Crippen LogP contribution in [0.4, 0.5) is 0 Å². The minimum Gasteiger partial charge on any atom is -0.347 e. The topological polar surface area (TPSA) is 104 Å². The predicted octanol–water partition coefficient (Wildman–Crippen LogP) is 0.749. The van der Waals surface area contributed by atoms with Gasteiger partial charge < -0.3 is 20.9 Å². The monoisotopic (exact) mass is 327 g/mol. The molecule has 1 saturated heterocycles. The lowest BCUT2D eigenvalue weighted by Crippen LogP contribution is -2.40. The van der Waals surface area contributed by atoms with Crippen LogP contribution in [0.3, 0.4) is 0 Å². The molecular weight excluding hydrogens is 306 g/mol. The van der Waals surface area contributed by atoms with E-state index in [4.69, 9.17) is 5.73 Å². The molecule has 1 aliphatic rings. The molecule has 7 nitrogen and oxygen atoms in total. The van der Waals surface area contributed by atoms with Crippen LogP contribution < -0.4 is 11.1 Å². The van der Waals surface area contributed by atoms with E-state index in [2.05, 4.69) is 15.3 Å². The van der Waals surface area contributed by atoms with E-state index in [-0.39, 0.29) is 30.4 Å². The van der Waals surface area contributed by atoms with Gasteiger partial charge in [-0.2, -0.15) is 0 Å². The molecule has 0 aliphatic carbocycles. The number of nitrogens with zero attached hydrogens (tertiary/aromatic N) is 2. The van der Waals surface area contributed by atoms with Crippen LogP contribution in [0.1, 0.15) is 34.3 Å². The minimum absolute atomic E-state index is 0.0600. The van der Waals surface area contributed by atoms with Crippen molar-refractivity contribution in [2.45, 2.75) is 25.4 Å². The quantitative estimate of drug-likeness (QED) is 0.770. The second-order valence-electron chi connectivity index (χ2n) is 5.99. The number of H-pyrrole nitrogens is 1. The first-order valence-corrected chi connectivity index (χ1v) is 7.95. The predicted molar refractivity (Wildman–Crippen MR) is 89.1 cm³/mol. The summed E-state index contributed by atoms with van der Waals surface area (Å²) in [6.45, 7) is 2.28. The SMILES string of the molecule is Cc1cnc([C@@H]2C[C@@H](NC(=O)c3ccccc3)CN2C(=O)CN)[nH]1. The third-order valence-electron chi connectivity index (χ3n) is 4.21. The van der Waals surface area contributed by atoms with Crippen LogP contribution in [0.25, 0.3) is 0 Å². The Bertz CT molecular complexity index is 728. The Morgan fingerprint density at radius 3 is 2.75 bits per heavy atom. The Labute approximate surface area is 140 Å². The number of hydrogen-bond acceptors (Lipinski definition) is 4. The number of aromatic nitrogens is 2. The van der Waals surface area contributed by atoms with Crippen molar-refractivity contribution < 1.29 is 9.59 Å². The summed E-state index contributed by atoms with van der Waals surface area (Å²) in [5, 5.41) is 3.00. The summed E-state index contributed by atoms with van der Waals surface area (Å²) in [6, 6.07) is 8.70. The summed E-state index contributed by atoms with van der Waals surface area (Å²) >= 11 is 0. The first-order chi connectivity index (χ1) is 11.6. The van der Waals surface area contributed by atoms with Crippen LogP contribution in [0.5, 0.6) is 0 Å². The van der Waals surface area contributed by atoms with E-state index in [0.29, 0.717) is 18.5 Å². The molecule has 2 heterocycles. The lowest BCUT2D eigenvalue weighted by atomic mass is 10.1. The molecule has 3 rings (SSSR count). The number of aromatic amines is 1. The van der Waals surface area contributed by atoms with Gasteiger partial charge in [0, 0.05) is 30.0 Å². The maximum absolute atomic E-state index is 12.3. The van der Waals surface area contributed by atoms with Crippen LogP contribution in [0.15, 0.2) is 36.5 Å². The van der Waals surface area contributed by atoms with Crippen molar-refractivity contribution >= 4 is 11.8 Å². The summed E-state index contributed by atoms with van der Waals surface area (Å²) < 4.78 is 0. The number of nitrogens with two attached hydrogens (primary N) is 1. The average molecular weight is 327 g/mol. The molecule has 0 spiro atoms. The Balaban J connectivity index is 1.74. The second-order valence-corrected chi connectivity index (χ2v) is 5.99. The molecule has 0 bridgehead atoms. The number of amides is 2. The van der Waals surface area contributed by atoms with Gasteiger partial charge in [-0.1, -0.05) is 18.2 Å². The molecule has 2 amide bonds. The van der Waals surface area contributed by atoms with E-state index >= 15 is 0 Å². The van der Waals surface area contributed by atoms with Gasteiger partial charge in [0.05, 0.1) is 12.6 Å². The van der Waals surface area contributed by atoms with E-state index in [9.17, 15) is 9.59 Å². The zero-order valence-electron chi connectivity index (χ0n) is 13.5. The highest BCUT2D eigenvalue weighted by molar-refractivity contribution is 5.94. The molecule has 2 atom stereocenters. The molecule has 0 saturated carbocycles. The molecule has 1 fully saturated rings. The smallest absolute Gasteiger partial charge is 0.251 e. The van der Waals surface area contributed by atoms with Gasteiger partial charge >= 0.3 is 0 Å². The molecule has 126 valence electrons. The maximum atomic E-state index is 12.3. The number of rotatable bonds is 4. The molecular formula is C17H21N5O2. The third kappa shape index (κ3) is 3.30. The Kier molecular flexibility index (Phi) is 4.61. The number of aryl methyl sites for hydroxylation is 1. The van der Waals surface area contributed by atoms with Crippen LogP contribution >= 0.6 is 0 Å². The van der Waals surface area contributed by atoms with Crippen LogP contribution in [0, 0.1) is 6.92 Å². The highest BCUT2D eigenvalue weighted by atomic mass is 16.2. The Morgan fingerprint density at radius 1 is 1.38 bits per heavy atom. The van der Waals surface area contributed by atoms with Crippen molar-refractivity contribution in [3.8, 4) is 0 Å². The highest BCUT2D eigenvalue weighted by Crippen LogP contribution is 2.30. The summed E-state index contributed by atoms with van der Waals surface area (Å²) in [6.07, 6.45) is 2.34. The largest absolute Gasteiger partial charge is 0.347 e. The van der Waals surface area contributed by atoms with Crippen molar-refractivity contribution in [3.05, 3.63) is 53.6 Å². The normalized spacial score (nSPS) is 20.2. The molecule has 1 aromatic heterocycles. The maximum Gasteiger partial charge on any atom is 0.251 e. The van der Waals surface area contributed by atoms with Gasteiger partial charge in [-0.25, -0.2) is 4.98 Å². The van der Waals surface area contributed by atoms with Gasteiger partial charge in [0.2, 0.25) is 5.91 Å². The van der Waals surface area contributed by atoms with Gasteiger partial charge in [-0.15, -0.1) is 0 Å². The van der Waals surface area contributed by atoms with Gasteiger partial charge in [0.1, 0.15) is 5.82 Å². The summed E-state index contributed by atoms with van der Waals surface area (Å²) in [7, 11) is 0. The first-order valence-electron chi connectivity index (χ1n) is 7.95. The molecule has 0 radical (unpaired) electrons. The minimum atomic E-state index is -0.198. The second kappa shape index (κ2) is 6.84. The molecule has 2 aromatic rings. The summed E-state index contributed by atoms with van der Waals surface area (Å²) in [5.74, 6) is 0.438. The molecule has 1 aromatic carbocycles. The fourth-order valence-corrected chi connectivity index (χ4v) is 3.05. The van der Waals surface area contributed by atoms with E-state index < -0.39 is 0 Å². The average Bonchev–Trinajstić information content (AvgIpc) is 3.21. The van der Waals surface area contributed by atoms with Crippen molar-refractivity contribution in [2.24, 2.45) is 5.73 Å². The van der Waals surface area contributed by atoms with Crippen molar-refractivity contribution in [1.29, 1.82) is 0 Å². The van der Waals surface area contributed by atoms with Crippen molar-refractivity contribution in [1.82, 2.24) is 20.2 Å². The zero-order chi connectivity index (χ0) is 17.1. The number of nitrogens with one attached hydrogen (secondary N) is 2. The Hall–Kier alpha value is -2.67. The summed E-state index contributed by atoms with van der Waals surface area (Å²) in [4.78, 5) is 33.7. The fraction of sp³-hybridized carbons (Fsp3) is 0.353. The third-order valence-corrected chi connectivity index (χ3v) is 4.21. The number of benzene rings is 1. The van der Waals surface area contributed by atoms with E-state index in [1.165, 1.54) is 0 Å². The number of carbonyl (C=O) groups excluding carboxylic acids is 2. The van der Waals surface area contributed by atoms with Crippen LogP contribution in [-0.2, 0) is 4.79 Å². The van der Waals surface area contributed by atoms with Gasteiger partial charge in [0.25, 0.3) is 5.91 Å². The first kappa shape index (κ1) is 16.2. The van der Waals surface area contributed by atoms with Gasteiger partial charge in [0.15, 0.2) is 0 Å². The van der Waals surface area contributed by atoms with Crippen molar-refractivity contribution in [2.75, 3.05) is 13.1 Å². The number of hydrogen-bond donors (Lipinski definition) is 3. The molecule has 4 N–H and O–H groups in total. The van der Waals surface area contributed by atoms with E-state index in [0.717, 1.165) is 11.5 Å². The summed E-state index contributed by atoms with van der Waals surface area (Å²) in [5.41, 5.74) is 7.06. The highest BCUT2D eigenvalue weighted by Gasteiger charge is 2.37. The molecule has 24 heavy (non-hydrogen) atoms. The van der Waals surface area contributed by atoms with Gasteiger partial charge in [-0.05, 0) is 25.5 Å². The van der Waals surface area contributed by atoms with Crippen molar-refractivity contribution in [3.63, 3.8) is 0 Å². The zero-order valence-corrected chi connectivity index (χ0v) is 13.5. The lowest BCUT2D eigenvalue weighted by molar-refractivity contribution is -0.130. The van der Waals surface area contributed by atoms with E-state index in [1.54, 1.807) is 23.2 Å². The number of likely N-dealkylation sites (tertiary alicyclic amines) is 1. The van der Waals surface area contributed by atoms with E-state index in [1.807, 2.05) is 25.1 Å². The lowest BCUT2D eigenvalue weighted by Gasteiger charge is -2.22. The van der Waals surface area contributed by atoms with Gasteiger partial charge in [-0.3, -0.25) is 9.59 Å².